The van der Waals surface area contributed by atoms with Gasteiger partial charge in [-0.3, -0.25) is 14.4 Å². The molecule has 1 saturated heterocycles. The van der Waals surface area contributed by atoms with E-state index in [4.69, 9.17) is 9.47 Å². The molecule has 3 amide bonds. The number of nitrogens with one attached hydrogen (secondary N) is 2. The smallest absolute Gasteiger partial charge is 0.265 e. The predicted molar refractivity (Wildman–Crippen MR) is 126 cm³/mol. The molecule has 33 heavy (non-hydrogen) atoms. The third kappa shape index (κ3) is 5.36. The Balaban J connectivity index is 1.46. The molecule has 1 aromatic carbocycles. The number of ether oxygens (including phenoxy) is 2. The fraction of sp³-hybridized carbons (Fsp3) is 0.458. The van der Waals surface area contributed by atoms with Gasteiger partial charge in [-0.25, -0.2) is 0 Å². The zero-order valence-corrected chi connectivity index (χ0v) is 19.7. The molecule has 4 rings (SSSR count). The van der Waals surface area contributed by atoms with E-state index in [1.165, 1.54) is 11.3 Å². The number of fused-ring (bicyclic) bond motifs is 2. The van der Waals surface area contributed by atoms with Gasteiger partial charge in [0.1, 0.15) is 18.5 Å². The summed E-state index contributed by atoms with van der Waals surface area (Å²) in [4.78, 5) is 40.1. The summed E-state index contributed by atoms with van der Waals surface area (Å²) < 4.78 is 12.2. The lowest BCUT2D eigenvalue weighted by Crippen LogP contribution is -2.54. The molecule has 2 aromatic rings. The summed E-state index contributed by atoms with van der Waals surface area (Å²) in [7, 11) is 1.77. The van der Waals surface area contributed by atoms with E-state index in [0.717, 1.165) is 12.8 Å². The number of rotatable bonds is 6. The Morgan fingerprint density at radius 3 is 2.85 bits per heavy atom. The molecular formula is C24H29N3O5S. The minimum atomic E-state index is -0.317. The van der Waals surface area contributed by atoms with Crippen molar-refractivity contribution < 1.29 is 23.9 Å². The van der Waals surface area contributed by atoms with E-state index < -0.39 is 0 Å². The van der Waals surface area contributed by atoms with Crippen LogP contribution in [-0.4, -0.2) is 61.1 Å². The molecule has 0 saturated carbocycles. The first-order valence-corrected chi connectivity index (χ1v) is 12.1. The maximum Gasteiger partial charge on any atom is 0.265 e. The normalized spacial score (nSPS) is 22.3. The number of thiophene rings is 1. The highest BCUT2D eigenvalue weighted by atomic mass is 32.1. The zero-order chi connectivity index (χ0) is 23.4. The number of carbonyl (C=O) groups is 3. The van der Waals surface area contributed by atoms with Gasteiger partial charge in [0.05, 0.1) is 29.0 Å². The number of likely N-dealkylation sites (N-methyl/N-ethyl adjacent to an activating group) is 1. The van der Waals surface area contributed by atoms with Crippen molar-refractivity contribution in [3.8, 4) is 5.75 Å². The molecule has 2 N–H and O–H groups in total. The summed E-state index contributed by atoms with van der Waals surface area (Å²) in [5.41, 5.74) is 0.939. The van der Waals surface area contributed by atoms with Gasteiger partial charge in [0.15, 0.2) is 0 Å². The Morgan fingerprint density at radius 1 is 1.24 bits per heavy atom. The summed E-state index contributed by atoms with van der Waals surface area (Å²) in [5.74, 6) is 0.0340. The Labute approximate surface area is 197 Å². The second-order valence-electron chi connectivity index (χ2n) is 8.36. The lowest BCUT2D eigenvalue weighted by Gasteiger charge is -2.42. The Bertz CT molecular complexity index is 1010. The zero-order valence-electron chi connectivity index (χ0n) is 18.8. The van der Waals surface area contributed by atoms with E-state index in [9.17, 15) is 14.4 Å². The van der Waals surface area contributed by atoms with Crippen LogP contribution in [-0.2, 0) is 9.53 Å². The molecule has 3 heterocycles. The van der Waals surface area contributed by atoms with Crippen LogP contribution in [0.15, 0.2) is 35.7 Å². The SMILES string of the molecule is CCCNC(=O)C[C@@H]1CC[C@H]2[C@H](COc3ccc(NC(=O)c4cccs4)cc3C(=O)N2C)O1. The van der Waals surface area contributed by atoms with Gasteiger partial charge < -0.3 is 25.0 Å². The van der Waals surface area contributed by atoms with Crippen molar-refractivity contribution in [1.29, 1.82) is 0 Å². The highest BCUT2D eigenvalue weighted by Gasteiger charge is 2.39. The lowest BCUT2D eigenvalue weighted by molar-refractivity contribution is -0.134. The topological polar surface area (TPSA) is 97.0 Å². The van der Waals surface area contributed by atoms with Crippen LogP contribution in [0, 0.1) is 0 Å². The van der Waals surface area contributed by atoms with E-state index in [-0.39, 0.29) is 42.6 Å². The average molecular weight is 472 g/mol. The third-order valence-electron chi connectivity index (χ3n) is 6.00. The van der Waals surface area contributed by atoms with Crippen LogP contribution in [0.2, 0.25) is 0 Å². The summed E-state index contributed by atoms with van der Waals surface area (Å²) in [6.45, 7) is 2.95. The fourth-order valence-electron chi connectivity index (χ4n) is 4.25. The lowest BCUT2D eigenvalue weighted by atomic mass is 9.94. The van der Waals surface area contributed by atoms with Crippen molar-refractivity contribution in [2.45, 2.75) is 50.9 Å². The van der Waals surface area contributed by atoms with Gasteiger partial charge in [0.25, 0.3) is 11.8 Å². The molecule has 0 radical (unpaired) electrons. The van der Waals surface area contributed by atoms with E-state index in [1.54, 1.807) is 36.2 Å². The molecule has 2 aliphatic rings. The molecule has 1 fully saturated rings. The molecule has 0 unspecified atom stereocenters. The van der Waals surface area contributed by atoms with E-state index in [2.05, 4.69) is 10.6 Å². The molecule has 0 spiro atoms. The van der Waals surface area contributed by atoms with Crippen LogP contribution < -0.4 is 15.4 Å². The van der Waals surface area contributed by atoms with Crippen LogP contribution >= 0.6 is 11.3 Å². The van der Waals surface area contributed by atoms with Crippen molar-refractivity contribution in [1.82, 2.24) is 10.2 Å². The Hall–Kier alpha value is -2.91. The van der Waals surface area contributed by atoms with Gasteiger partial charge in [-0.1, -0.05) is 13.0 Å². The first kappa shape index (κ1) is 23.3. The number of hydrogen-bond acceptors (Lipinski definition) is 6. The maximum absolute atomic E-state index is 13.3. The molecular weight excluding hydrogens is 442 g/mol. The average Bonchev–Trinajstić information content (AvgIpc) is 3.36. The Morgan fingerprint density at radius 2 is 2.09 bits per heavy atom. The van der Waals surface area contributed by atoms with Gasteiger partial charge in [-0.2, -0.15) is 0 Å². The fourth-order valence-corrected chi connectivity index (χ4v) is 4.87. The third-order valence-corrected chi connectivity index (χ3v) is 6.87. The number of anilines is 1. The van der Waals surface area contributed by atoms with Gasteiger partial charge in [-0.05, 0) is 48.9 Å². The predicted octanol–water partition coefficient (Wildman–Crippen LogP) is 3.30. The summed E-state index contributed by atoms with van der Waals surface area (Å²) in [6.07, 6.45) is 2.12. The highest BCUT2D eigenvalue weighted by molar-refractivity contribution is 7.12. The molecule has 3 atom stereocenters. The highest BCUT2D eigenvalue weighted by Crippen LogP contribution is 2.32. The largest absolute Gasteiger partial charge is 0.490 e. The number of benzene rings is 1. The van der Waals surface area contributed by atoms with Crippen molar-refractivity contribution in [2.24, 2.45) is 0 Å². The minimum Gasteiger partial charge on any atom is -0.490 e. The van der Waals surface area contributed by atoms with Gasteiger partial charge in [0.2, 0.25) is 5.91 Å². The van der Waals surface area contributed by atoms with Crippen LogP contribution in [0.5, 0.6) is 5.75 Å². The van der Waals surface area contributed by atoms with E-state index in [0.29, 0.717) is 41.3 Å². The first-order chi connectivity index (χ1) is 16.0. The molecule has 8 nitrogen and oxygen atoms in total. The van der Waals surface area contributed by atoms with Crippen LogP contribution in [0.1, 0.15) is 52.6 Å². The van der Waals surface area contributed by atoms with E-state index in [1.807, 2.05) is 18.4 Å². The molecule has 0 aliphatic carbocycles. The first-order valence-electron chi connectivity index (χ1n) is 11.3. The second-order valence-corrected chi connectivity index (χ2v) is 9.31. The number of hydrogen-bond donors (Lipinski definition) is 2. The Kier molecular flexibility index (Phi) is 7.29. The van der Waals surface area contributed by atoms with Crippen molar-refractivity contribution >= 4 is 34.7 Å². The summed E-state index contributed by atoms with van der Waals surface area (Å²) >= 11 is 1.36. The quantitative estimate of drug-likeness (QED) is 0.674. The van der Waals surface area contributed by atoms with Crippen LogP contribution in [0.25, 0.3) is 0 Å². The number of nitrogens with zero attached hydrogens (tertiary/aromatic N) is 1. The maximum atomic E-state index is 13.3. The van der Waals surface area contributed by atoms with Gasteiger partial charge >= 0.3 is 0 Å². The minimum absolute atomic E-state index is 0.0148. The van der Waals surface area contributed by atoms with Crippen molar-refractivity contribution in [3.63, 3.8) is 0 Å². The molecule has 176 valence electrons. The molecule has 2 aliphatic heterocycles. The standard InChI is InChI=1S/C24H29N3O5S/c1-3-10-25-22(28)13-16-7-8-18-20(32-16)14-31-19-9-6-15(12-17(19)24(30)27(18)2)26-23(29)21-5-4-11-33-21/h4-6,9,11-12,16,18,20H,3,7-8,10,13-14H2,1-2H3,(H,25,28)(H,26,29)/t16-,18-,20-/m0/s1. The summed E-state index contributed by atoms with van der Waals surface area (Å²) in [5, 5.41) is 7.57. The van der Waals surface area contributed by atoms with Crippen molar-refractivity contribution in [2.75, 3.05) is 25.5 Å². The molecule has 9 heteroatoms. The van der Waals surface area contributed by atoms with E-state index >= 15 is 0 Å². The van der Waals surface area contributed by atoms with Gasteiger partial charge in [-0.15, -0.1) is 11.3 Å². The monoisotopic (exact) mass is 471 g/mol. The van der Waals surface area contributed by atoms with Crippen molar-refractivity contribution in [3.05, 3.63) is 46.2 Å². The van der Waals surface area contributed by atoms with Crippen LogP contribution in [0.3, 0.4) is 0 Å². The molecule has 1 aromatic heterocycles. The van der Waals surface area contributed by atoms with Crippen LogP contribution in [0.4, 0.5) is 5.69 Å². The molecule has 0 bridgehead atoms. The number of amides is 3. The van der Waals surface area contributed by atoms with Gasteiger partial charge in [0, 0.05) is 19.3 Å². The second kappa shape index (κ2) is 10.4. The number of carbonyl (C=O) groups excluding carboxylic acids is 3. The summed E-state index contributed by atoms with van der Waals surface area (Å²) in [6, 6.07) is 8.50.